The van der Waals surface area contributed by atoms with Gasteiger partial charge in [0.1, 0.15) is 0 Å². The molecule has 158 valence electrons. The first kappa shape index (κ1) is 23.5. The second kappa shape index (κ2) is 11.4. The van der Waals surface area contributed by atoms with E-state index in [0.717, 1.165) is 60.3 Å². The molecule has 0 aromatic heterocycles. The Hall–Kier alpha value is -0.780. The van der Waals surface area contributed by atoms with Gasteiger partial charge in [0.05, 0.1) is 17.7 Å². The Bertz CT molecular complexity index is 669. The Balaban J connectivity index is 0.00000280. The molecule has 9 heteroatoms. The minimum Gasteiger partial charge on any atom is -0.454 e. The zero-order chi connectivity index (χ0) is 19.2. The van der Waals surface area contributed by atoms with Crippen LogP contribution in [0.1, 0.15) is 19.4 Å². The van der Waals surface area contributed by atoms with E-state index in [1.165, 1.54) is 0 Å². The van der Waals surface area contributed by atoms with Crippen molar-refractivity contribution in [3.05, 3.63) is 22.2 Å². The largest absolute Gasteiger partial charge is 0.454 e. The monoisotopic (exact) mass is 568 g/mol. The first-order valence-corrected chi connectivity index (χ1v) is 10.2. The summed E-state index contributed by atoms with van der Waals surface area (Å²) >= 11 is 3.54. The highest BCUT2D eigenvalue weighted by molar-refractivity contribution is 14.0. The van der Waals surface area contributed by atoms with E-state index in [1.54, 1.807) is 7.05 Å². The average molecular weight is 569 g/mol. The van der Waals surface area contributed by atoms with Crippen molar-refractivity contribution in [3.8, 4) is 11.5 Å². The number of halogens is 2. The van der Waals surface area contributed by atoms with Crippen molar-refractivity contribution in [2.24, 2.45) is 10.9 Å². The van der Waals surface area contributed by atoms with Crippen LogP contribution in [0.25, 0.3) is 0 Å². The van der Waals surface area contributed by atoms with Crippen LogP contribution in [0, 0.1) is 5.92 Å². The quantitative estimate of drug-likeness (QED) is 0.312. The van der Waals surface area contributed by atoms with Crippen LogP contribution < -0.4 is 20.1 Å². The van der Waals surface area contributed by atoms with Gasteiger partial charge in [-0.2, -0.15) is 0 Å². The lowest BCUT2D eigenvalue weighted by molar-refractivity contribution is 0.00752. The van der Waals surface area contributed by atoms with E-state index >= 15 is 0 Å². The summed E-state index contributed by atoms with van der Waals surface area (Å²) in [5.41, 5.74) is 1.10. The van der Waals surface area contributed by atoms with Gasteiger partial charge >= 0.3 is 0 Å². The Kier molecular flexibility index (Phi) is 9.58. The smallest absolute Gasteiger partial charge is 0.231 e. The second-order valence-electron chi connectivity index (χ2n) is 7.08. The zero-order valence-electron chi connectivity index (χ0n) is 16.7. The molecule has 1 unspecified atom stereocenters. The normalized spacial score (nSPS) is 18.0. The van der Waals surface area contributed by atoms with Crippen LogP contribution in [0.3, 0.4) is 0 Å². The van der Waals surface area contributed by atoms with Gasteiger partial charge < -0.3 is 24.8 Å². The number of fused-ring (bicyclic) bond motifs is 1. The van der Waals surface area contributed by atoms with E-state index in [-0.39, 0.29) is 30.8 Å². The minimum atomic E-state index is 0. The SMILES string of the molecule is CN=C(NCc1cc(Br)c2c(c1)OCO2)NCC(C(C)C)N1CCOCC1.I. The predicted molar refractivity (Wildman–Crippen MR) is 125 cm³/mol. The molecule has 2 N–H and O–H groups in total. The first-order chi connectivity index (χ1) is 13.1. The van der Waals surface area contributed by atoms with Crippen LogP contribution in [0.5, 0.6) is 11.5 Å². The highest BCUT2D eigenvalue weighted by Crippen LogP contribution is 2.39. The molecule has 3 rings (SSSR count). The van der Waals surface area contributed by atoms with Crippen molar-refractivity contribution in [1.29, 1.82) is 0 Å². The molecule has 2 aliphatic heterocycles. The number of rotatable bonds is 6. The molecule has 0 spiro atoms. The number of benzene rings is 1. The predicted octanol–water partition coefficient (Wildman–Crippen LogP) is 2.82. The highest BCUT2D eigenvalue weighted by atomic mass is 127. The van der Waals surface area contributed by atoms with Crippen LogP contribution in [-0.4, -0.2) is 63.6 Å². The van der Waals surface area contributed by atoms with Gasteiger partial charge in [0, 0.05) is 39.3 Å². The molecule has 0 amide bonds. The van der Waals surface area contributed by atoms with Gasteiger partial charge in [-0.05, 0) is 39.5 Å². The lowest BCUT2D eigenvalue weighted by Gasteiger charge is -2.37. The molecule has 0 radical (unpaired) electrons. The topological polar surface area (TPSA) is 67.4 Å². The van der Waals surface area contributed by atoms with E-state index in [9.17, 15) is 0 Å². The molecule has 7 nitrogen and oxygen atoms in total. The molecule has 1 aromatic carbocycles. The van der Waals surface area contributed by atoms with Crippen molar-refractivity contribution >= 4 is 45.9 Å². The zero-order valence-corrected chi connectivity index (χ0v) is 20.6. The van der Waals surface area contributed by atoms with E-state index < -0.39 is 0 Å². The van der Waals surface area contributed by atoms with Gasteiger partial charge in [0.2, 0.25) is 6.79 Å². The van der Waals surface area contributed by atoms with Crippen LogP contribution >= 0.6 is 39.9 Å². The van der Waals surface area contributed by atoms with Gasteiger partial charge in [-0.1, -0.05) is 13.8 Å². The third-order valence-corrected chi connectivity index (χ3v) is 5.52. The molecule has 1 atom stereocenters. The van der Waals surface area contributed by atoms with Crippen molar-refractivity contribution in [1.82, 2.24) is 15.5 Å². The summed E-state index contributed by atoms with van der Waals surface area (Å²) in [7, 11) is 1.80. The van der Waals surface area contributed by atoms with Crippen LogP contribution in [-0.2, 0) is 11.3 Å². The maximum absolute atomic E-state index is 5.48. The fourth-order valence-corrected chi connectivity index (χ4v) is 4.03. The van der Waals surface area contributed by atoms with Crippen molar-refractivity contribution in [2.45, 2.75) is 26.4 Å². The lowest BCUT2D eigenvalue weighted by atomic mass is 10.0. The van der Waals surface area contributed by atoms with Crippen LogP contribution in [0.4, 0.5) is 0 Å². The van der Waals surface area contributed by atoms with Crippen LogP contribution in [0.15, 0.2) is 21.6 Å². The molecule has 1 aromatic rings. The number of ether oxygens (including phenoxy) is 3. The number of morpholine rings is 1. The maximum Gasteiger partial charge on any atom is 0.231 e. The van der Waals surface area contributed by atoms with E-state index in [1.807, 2.05) is 12.1 Å². The van der Waals surface area contributed by atoms with Gasteiger partial charge in [-0.25, -0.2) is 0 Å². The molecular weight excluding hydrogens is 539 g/mol. The van der Waals surface area contributed by atoms with Crippen molar-refractivity contribution in [3.63, 3.8) is 0 Å². The summed E-state index contributed by atoms with van der Waals surface area (Å²) in [6.07, 6.45) is 0. The summed E-state index contributed by atoms with van der Waals surface area (Å²) < 4.78 is 17.3. The number of nitrogens with zero attached hydrogens (tertiary/aromatic N) is 2. The molecule has 2 aliphatic rings. The summed E-state index contributed by atoms with van der Waals surface area (Å²) in [5, 5.41) is 6.85. The number of guanidine groups is 1. The second-order valence-corrected chi connectivity index (χ2v) is 7.93. The Morgan fingerprint density at radius 2 is 1.96 bits per heavy atom. The standard InChI is InChI=1S/C19H29BrN4O3.HI/c1-13(2)16(24-4-6-25-7-5-24)11-23-19(21-3)22-10-14-8-15(20)18-17(9-14)26-12-27-18;/h8-9,13,16H,4-7,10-12H2,1-3H3,(H2,21,22,23);1H. The summed E-state index contributed by atoms with van der Waals surface area (Å²) in [4.78, 5) is 6.86. The summed E-state index contributed by atoms with van der Waals surface area (Å²) in [5.74, 6) is 2.89. The third kappa shape index (κ3) is 6.11. The molecule has 0 bridgehead atoms. The Labute approximate surface area is 192 Å². The summed E-state index contributed by atoms with van der Waals surface area (Å²) in [6, 6.07) is 4.49. The molecule has 1 fully saturated rings. The lowest BCUT2D eigenvalue weighted by Crippen LogP contribution is -2.52. The summed E-state index contributed by atoms with van der Waals surface area (Å²) in [6.45, 7) is 9.91. The molecule has 2 heterocycles. The van der Waals surface area contributed by atoms with Gasteiger partial charge in [-0.15, -0.1) is 24.0 Å². The number of hydrogen-bond acceptors (Lipinski definition) is 5. The minimum absolute atomic E-state index is 0. The van der Waals surface area contributed by atoms with Crippen LogP contribution in [0.2, 0.25) is 0 Å². The van der Waals surface area contributed by atoms with E-state index in [2.05, 4.69) is 50.3 Å². The van der Waals surface area contributed by atoms with Crippen molar-refractivity contribution in [2.75, 3.05) is 46.7 Å². The fraction of sp³-hybridized carbons (Fsp3) is 0.632. The van der Waals surface area contributed by atoms with Crippen molar-refractivity contribution < 1.29 is 14.2 Å². The highest BCUT2D eigenvalue weighted by Gasteiger charge is 2.24. The maximum atomic E-state index is 5.48. The molecule has 0 aliphatic carbocycles. The average Bonchev–Trinajstić information content (AvgIpc) is 3.14. The molecular formula is C19H30BrIN4O3. The molecule has 0 saturated carbocycles. The Morgan fingerprint density at radius 3 is 2.64 bits per heavy atom. The number of aliphatic imine (C=N–C) groups is 1. The fourth-order valence-electron chi connectivity index (χ4n) is 3.43. The van der Waals surface area contributed by atoms with E-state index in [0.29, 0.717) is 18.5 Å². The number of nitrogens with one attached hydrogen (secondary N) is 2. The number of hydrogen-bond donors (Lipinski definition) is 2. The Morgan fingerprint density at radius 1 is 1.21 bits per heavy atom. The first-order valence-electron chi connectivity index (χ1n) is 9.43. The van der Waals surface area contributed by atoms with Gasteiger partial charge in [0.15, 0.2) is 17.5 Å². The van der Waals surface area contributed by atoms with Gasteiger partial charge in [-0.3, -0.25) is 9.89 Å². The molecule has 1 saturated heterocycles. The van der Waals surface area contributed by atoms with E-state index in [4.69, 9.17) is 14.2 Å². The third-order valence-electron chi connectivity index (χ3n) is 4.93. The van der Waals surface area contributed by atoms with Gasteiger partial charge in [0.25, 0.3) is 0 Å². The molecule has 28 heavy (non-hydrogen) atoms.